The molecule has 0 aromatic heterocycles. The first kappa shape index (κ1) is 12.8. The molecular formula is C10H13N3O4. The van der Waals surface area contributed by atoms with Crippen LogP contribution in [-0.4, -0.2) is 22.6 Å². The summed E-state index contributed by atoms with van der Waals surface area (Å²) in [6.07, 6.45) is 0. The van der Waals surface area contributed by atoms with Gasteiger partial charge in [0.1, 0.15) is 11.6 Å². The standard InChI is InChI=1S/C10H13N3O4/c1-7(10(11)12-14)6-17-9-4-2-8(3-5-9)13(15)16/h2-5,7,14H,6H2,1H3,(H2,11,12). The fourth-order valence-electron chi connectivity index (χ4n) is 1.07. The highest BCUT2D eigenvalue weighted by Gasteiger charge is 2.09. The average molecular weight is 239 g/mol. The molecule has 0 amide bonds. The highest BCUT2D eigenvalue weighted by atomic mass is 16.6. The largest absolute Gasteiger partial charge is 0.493 e. The molecule has 0 radical (unpaired) electrons. The lowest BCUT2D eigenvalue weighted by Gasteiger charge is -2.11. The summed E-state index contributed by atoms with van der Waals surface area (Å²) < 4.78 is 5.33. The van der Waals surface area contributed by atoms with Crippen molar-refractivity contribution in [3.05, 3.63) is 34.4 Å². The Morgan fingerprint density at radius 2 is 2.18 bits per heavy atom. The zero-order valence-corrected chi connectivity index (χ0v) is 9.24. The van der Waals surface area contributed by atoms with Crippen LogP contribution in [0.5, 0.6) is 5.75 Å². The van der Waals surface area contributed by atoms with Crippen molar-refractivity contribution < 1.29 is 14.9 Å². The summed E-state index contributed by atoms with van der Waals surface area (Å²) in [6, 6.07) is 5.70. The van der Waals surface area contributed by atoms with Gasteiger partial charge in [0.25, 0.3) is 5.69 Å². The van der Waals surface area contributed by atoms with Crippen molar-refractivity contribution in [1.82, 2.24) is 0 Å². The molecule has 7 heteroatoms. The van der Waals surface area contributed by atoms with Gasteiger partial charge in [0.05, 0.1) is 17.4 Å². The Kier molecular flexibility index (Phi) is 4.27. The number of nitrogens with zero attached hydrogens (tertiary/aromatic N) is 2. The number of oxime groups is 1. The fraction of sp³-hybridized carbons (Fsp3) is 0.300. The third-order valence-electron chi connectivity index (χ3n) is 2.17. The van der Waals surface area contributed by atoms with Gasteiger partial charge in [-0.3, -0.25) is 10.1 Å². The van der Waals surface area contributed by atoms with E-state index in [0.29, 0.717) is 5.75 Å². The molecule has 1 rings (SSSR count). The lowest BCUT2D eigenvalue weighted by atomic mass is 10.2. The van der Waals surface area contributed by atoms with E-state index in [-0.39, 0.29) is 24.0 Å². The van der Waals surface area contributed by atoms with Crippen LogP contribution < -0.4 is 10.5 Å². The number of non-ortho nitro benzene ring substituents is 1. The van der Waals surface area contributed by atoms with Crippen molar-refractivity contribution >= 4 is 11.5 Å². The fourth-order valence-corrected chi connectivity index (χ4v) is 1.07. The molecule has 1 unspecified atom stereocenters. The first-order valence-electron chi connectivity index (χ1n) is 4.89. The monoisotopic (exact) mass is 239 g/mol. The second-order valence-corrected chi connectivity index (χ2v) is 3.49. The van der Waals surface area contributed by atoms with Gasteiger partial charge in [-0.1, -0.05) is 12.1 Å². The van der Waals surface area contributed by atoms with Gasteiger partial charge in [-0.2, -0.15) is 0 Å². The minimum Gasteiger partial charge on any atom is -0.493 e. The first-order chi connectivity index (χ1) is 8.04. The highest BCUT2D eigenvalue weighted by Crippen LogP contribution is 2.17. The van der Waals surface area contributed by atoms with E-state index in [1.165, 1.54) is 24.3 Å². The van der Waals surface area contributed by atoms with Crippen LogP contribution in [0.25, 0.3) is 0 Å². The normalized spacial score (nSPS) is 13.1. The lowest BCUT2D eigenvalue weighted by molar-refractivity contribution is -0.384. The Balaban J connectivity index is 2.56. The molecule has 1 aromatic rings. The predicted octanol–water partition coefficient (Wildman–Crippen LogP) is 1.36. The van der Waals surface area contributed by atoms with Gasteiger partial charge in [-0.25, -0.2) is 0 Å². The van der Waals surface area contributed by atoms with E-state index < -0.39 is 4.92 Å². The SMILES string of the molecule is CC(COc1ccc([N+](=O)[O-])cc1)/C(N)=N/O. The van der Waals surface area contributed by atoms with Crippen molar-refractivity contribution in [3.8, 4) is 5.75 Å². The van der Waals surface area contributed by atoms with E-state index >= 15 is 0 Å². The second kappa shape index (κ2) is 5.69. The van der Waals surface area contributed by atoms with E-state index in [2.05, 4.69) is 5.16 Å². The summed E-state index contributed by atoms with van der Waals surface area (Å²) in [6.45, 7) is 1.97. The maximum atomic E-state index is 10.4. The molecule has 0 saturated carbocycles. The van der Waals surface area contributed by atoms with Crippen molar-refractivity contribution in [2.75, 3.05) is 6.61 Å². The van der Waals surface area contributed by atoms with Crippen LogP contribution in [0.3, 0.4) is 0 Å². The zero-order valence-electron chi connectivity index (χ0n) is 9.24. The van der Waals surface area contributed by atoms with E-state index in [0.717, 1.165) is 0 Å². The Morgan fingerprint density at radius 1 is 1.59 bits per heavy atom. The number of nitro groups is 1. The number of nitrogens with two attached hydrogens (primary N) is 1. The summed E-state index contributed by atoms with van der Waals surface area (Å²) in [5, 5.41) is 21.7. The van der Waals surface area contributed by atoms with Crippen LogP contribution >= 0.6 is 0 Å². The molecule has 1 aromatic carbocycles. The minimum atomic E-state index is -0.483. The van der Waals surface area contributed by atoms with E-state index in [1.54, 1.807) is 6.92 Å². The quantitative estimate of drug-likeness (QED) is 0.265. The maximum absolute atomic E-state index is 10.4. The van der Waals surface area contributed by atoms with Crippen molar-refractivity contribution in [2.45, 2.75) is 6.92 Å². The topological polar surface area (TPSA) is 111 Å². The third-order valence-corrected chi connectivity index (χ3v) is 2.17. The molecule has 0 heterocycles. The lowest BCUT2D eigenvalue weighted by Crippen LogP contribution is -2.26. The van der Waals surface area contributed by atoms with Gasteiger partial charge in [0.15, 0.2) is 0 Å². The molecule has 0 aliphatic heterocycles. The van der Waals surface area contributed by atoms with Gasteiger partial charge >= 0.3 is 0 Å². The van der Waals surface area contributed by atoms with Crippen LogP contribution in [0.15, 0.2) is 29.4 Å². The van der Waals surface area contributed by atoms with E-state index in [4.69, 9.17) is 15.7 Å². The number of benzene rings is 1. The molecular weight excluding hydrogens is 226 g/mol. The van der Waals surface area contributed by atoms with Gasteiger partial charge < -0.3 is 15.7 Å². The van der Waals surface area contributed by atoms with Crippen molar-refractivity contribution in [3.63, 3.8) is 0 Å². The van der Waals surface area contributed by atoms with Gasteiger partial charge in [-0.15, -0.1) is 0 Å². The van der Waals surface area contributed by atoms with Crippen molar-refractivity contribution in [2.24, 2.45) is 16.8 Å². The molecule has 7 nitrogen and oxygen atoms in total. The third kappa shape index (κ3) is 3.63. The second-order valence-electron chi connectivity index (χ2n) is 3.49. The summed E-state index contributed by atoms with van der Waals surface area (Å²) in [7, 11) is 0. The van der Waals surface area contributed by atoms with Crippen LogP contribution in [0.2, 0.25) is 0 Å². The van der Waals surface area contributed by atoms with Crippen LogP contribution in [0.4, 0.5) is 5.69 Å². The van der Waals surface area contributed by atoms with E-state index in [9.17, 15) is 10.1 Å². The van der Waals surface area contributed by atoms with Gasteiger partial charge in [0, 0.05) is 12.1 Å². The van der Waals surface area contributed by atoms with Gasteiger partial charge in [0.2, 0.25) is 0 Å². The van der Waals surface area contributed by atoms with Crippen molar-refractivity contribution in [1.29, 1.82) is 0 Å². The number of hydrogen-bond donors (Lipinski definition) is 2. The Morgan fingerprint density at radius 3 is 2.65 bits per heavy atom. The number of nitro benzene ring substituents is 1. The molecule has 0 bridgehead atoms. The summed E-state index contributed by atoms with van der Waals surface area (Å²) in [5.41, 5.74) is 5.38. The molecule has 0 saturated heterocycles. The molecule has 0 spiro atoms. The summed E-state index contributed by atoms with van der Waals surface area (Å²) >= 11 is 0. The number of hydrogen-bond acceptors (Lipinski definition) is 5. The van der Waals surface area contributed by atoms with Gasteiger partial charge in [-0.05, 0) is 12.1 Å². The number of rotatable bonds is 5. The minimum absolute atomic E-state index is 0.00170. The Hall–Kier alpha value is -2.31. The summed E-state index contributed by atoms with van der Waals surface area (Å²) in [4.78, 5) is 9.93. The van der Waals surface area contributed by atoms with Crippen LogP contribution in [0.1, 0.15) is 6.92 Å². The highest BCUT2D eigenvalue weighted by molar-refractivity contribution is 5.81. The van der Waals surface area contributed by atoms with E-state index in [1.807, 2.05) is 0 Å². The molecule has 92 valence electrons. The summed E-state index contributed by atoms with van der Waals surface area (Å²) in [5.74, 6) is 0.329. The molecule has 0 aliphatic carbocycles. The Labute approximate surface area is 97.6 Å². The number of amidine groups is 1. The van der Waals surface area contributed by atoms with Crippen LogP contribution in [-0.2, 0) is 0 Å². The predicted molar refractivity (Wildman–Crippen MR) is 61.2 cm³/mol. The molecule has 0 aliphatic rings. The molecule has 0 fully saturated rings. The zero-order chi connectivity index (χ0) is 12.8. The maximum Gasteiger partial charge on any atom is 0.269 e. The van der Waals surface area contributed by atoms with Crippen LogP contribution in [0, 0.1) is 16.0 Å². The first-order valence-corrected chi connectivity index (χ1v) is 4.89. The molecule has 1 atom stereocenters. The Bertz CT molecular complexity index is 416. The molecule has 3 N–H and O–H groups in total. The molecule has 17 heavy (non-hydrogen) atoms. The smallest absolute Gasteiger partial charge is 0.269 e. The average Bonchev–Trinajstić information content (AvgIpc) is 2.35. The number of ether oxygens (including phenoxy) is 1.